The van der Waals surface area contributed by atoms with Gasteiger partial charge in [-0.05, 0) is 40.9 Å². The quantitative estimate of drug-likeness (QED) is 0.893. The summed E-state index contributed by atoms with van der Waals surface area (Å²) in [7, 11) is 0. The normalized spacial score (nSPS) is 12.6. The Morgan fingerprint density at radius 2 is 2.12 bits per heavy atom. The standard InChI is InChI=1S/C11H15BrN2O2/c1-6(2)10(11(15)16)14-9-5-4-8(12)7(3)13-9/h4-6,10H,1-3H3,(H,13,14)(H,15,16)/t10-/m0/s1. The molecule has 0 fully saturated rings. The van der Waals surface area contributed by atoms with Gasteiger partial charge in [0.05, 0.1) is 5.69 Å². The largest absolute Gasteiger partial charge is 0.480 e. The van der Waals surface area contributed by atoms with Crippen LogP contribution < -0.4 is 5.32 Å². The van der Waals surface area contributed by atoms with Gasteiger partial charge in [0.2, 0.25) is 0 Å². The van der Waals surface area contributed by atoms with Crippen molar-refractivity contribution in [2.75, 3.05) is 5.32 Å². The van der Waals surface area contributed by atoms with E-state index >= 15 is 0 Å². The summed E-state index contributed by atoms with van der Waals surface area (Å²) in [5.74, 6) is -0.276. The summed E-state index contributed by atoms with van der Waals surface area (Å²) >= 11 is 3.35. The molecule has 1 aromatic rings. The molecule has 0 aliphatic carbocycles. The highest BCUT2D eigenvalue weighted by atomic mass is 79.9. The molecule has 0 bridgehead atoms. The number of pyridine rings is 1. The van der Waals surface area contributed by atoms with E-state index in [1.807, 2.05) is 26.8 Å². The number of nitrogens with zero attached hydrogens (tertiary/aromatic N) is 1. The molecule has 88 valence electrons. The molecular formula is C11H15BrN2O2. The van der Waals surface area contributed by atoms with E-state index in [-0.39, 0.29) is 5.92 Å². The summed E-state index contributed by atoms with van der Waals surface area (Å²) in [6.45, 7) is 5.58. The first-order chi connectivity index (χ1) is 7.41. The maximum Gasteiger partial charge on any atom is 0.326 e. The molecule has 1 aromatic heterocycles. The minimum atomic E-state index is -0.864. The molecule has 5 heteroatoms. The number of hydrogen-bond donors (Lipinski definition) is 2. The van der Waals surface area contributed by atoms with Gasteiger partial charge in [-0.15, -0.1) is 0 Å². The van der Waals surface area contributed by atoms with Gasteiger partial charge in [0.25, 0.3) is 0 Å². The number of rotatable bonds is 4. The summed E-state index contributed by atoms with van der Waals surface area (Å²) in [5.41, 5.74) is 0.831. The predicted molar refractivity (Wildman–Crippen MR) is 66.6 cm³/mol. The molecule has 16 heavy (non-hydrogen) atoms. The van der Waals surface area contributed by atoms with E-state index in [0.717, 1.165) is 10.2 Å². The zero-order valence-corrected chi connectivity index (χ0v) is 11.1. The molecule has 2 N–H and O–H groups in total. The maximum atomic E-state index is 11.0. The number of carboxylic acids is 1. The minimum absolute atomic E-state index is 0.00301. The molecule has 0 radical (unpaired) electrons. The van der Waals surface area contributed by atoms with Crippen LogP contribution in [0.15, 0.2) is 16.6 Å². The van der Waals surface area contributed by atoms with Crippen LogP contribution in [0, 0.1) is 12.8 Å². The maximum absolute atomic E-state index is 11.0. The molecule has 0 saturated carbocycles. The smallest absolute Gasteiger partial charge is 0.326 e. The van der Waals surface area contributed by atoms with Crippen molar-refractivity contribution in [2.45, 2.75) is 26.8 Å². The van der Waals surface area contributed by atoms with E-state index in [4.69, 9.17) is 5.11 Å². The minimum Gasteiger partial charge on any atom is -0.480 e. The van der Waals surface area contributed by atoms with E-state index in [1.54, 1.807) is 6.07 Å². The van der Waals surface area contributed by atoms with Gasteiger partial charge in [0, 0.05) is 4.47 Å². The number of aliphatic carboxylic acids is 1. The number of anilines is 1. The van der Waals surface area contributed by atoms with E-state index in [1.165, 1.54) is 0 Å². The fourth-order valence-electron chi connectivity index (χ4n) is 1.30. The summed E-state index contributed by atoms with van der Waals surface area (Å²) in [4.78, 5) is 15.3. The fraction of sp³-hybridized carbons (Fsp3) is 0.455. The van der Waals surface area contributed by atoms with Crippen LogP contribution >= 0.6 is 15.9 Å². The number of aromatic nitrogens is 1. The van der Waals surface area contributed by atoms with Crippen molar-refractivity contribution in [3.05, 3.63) is 22.3 Å². The van der Waals surface area contributed by atoms with Crippen LogP contribution in [-0.2, 0) is 4.79 Å². The highest BCUT2D eigenvalue weighted by molar-refractivity contribution is 9.10. The summed E-state index contributed by atoms with van der Waals surface area (Å²) < 4.78 is 0.912. The molecular weight excluding hydrogens is 272 g/mol. The monoisotopic (exact) mass is 286 g/mol. The number of aryl methyl sites for hydroxylation is 1. The second-order valence-corrected chi connectivity index (χ2v) is 4.82. The van der Waals surface area contributed by atoms with E-state index in [0.29, 0.717) is 5.82 Å². The van der Waals surface area contributed by atoms with Crippen LogP contribution in [0.4, 0.5) is 5.82 Å². The van der Waals surface area contributed by atoms with E-state index in [9.17, 15) is 4.79 Å². The van der Waals surface area contributed by atoms with Gasteiger partial charge in [-0.2, -0.15) is 0 Å². The Labute approximate surface area is 103 Å². The lowest BCUT2D eigenvalue weighted by Gasteiger charge is -2.18. The molecule has 1 atom stereocenters. The molecule has 0 aromatic carbocycles. The number of carbonyl (C=O) groups is 1. The fourth-order valence-corrected chi connectivity index (χ4v) is 1.52. The molecule has 0 spiro atoms. The average molecular weight is 287 g/mol. The van der Waals surface area contributed by atoms with E-state index in [2.05, 4.69) is 26.2 Å². The van der Waals surface area contributed by atoms with Crippen molar-refractivity contribution in [1.29, 1.82) is 0 Å². The number of nitrogens with one attached hydrogen (secondary N) is 1. The van der Waals surface area contributed by atoms with Gasteiger partial charge in [-0.25, -0.2) is 9.78 Å². The van der Waals surface area contributed by atoms with E-state index < -0.39 is 12.0 Å². The Morgan fingerprint density at radius 3 is 2.56 bits per heavy atom. The van der Waals surface area contributed by atoms with Crippen LogP contribution in [0.2, 0.25) is 0 Å². The molecule has 0 aliphatic heterocycles. The third kappa shape index (κ3) is 3.20. The van der Waals surface area contributed by atoms with Crippen LogP contribution in [0.5, 0.6) is 0 Å². The Kier molecular flexibility index (Phi) is 4.29. The third-order valence-corrected chi connectivity index (χ3v) is 3.10. The molecule has 1 rings (SSSR count). The summed E-state index contributed by atoms with van der Waals surface area (Å²) in [6, 6.07) is 2.99. The Hall–Kier alpha value is -1.10. The molecule has 4 nitrogen and oxygen atoms in total. The van der Waals surface area contributed by atoms with Crippen molar-refractivity contribution in [2.24, 2.45) is 5.92 Å². The number of halogens is 1. The van der Waals surface area contributed by atoms with Gasteiger partial charge >= 0.3 is 5.97 Å². The zero-order chi connectivity index (χ0) is 12.3. The van der Waals surface area contributed by atoms with Gasteiger partial charge in [0.1, 0.15) is 11.9 Å². The van der Waals surface area contributed by atoms with Crippen molar-refractivity contribution in [1.82, 2.24) is 4.98 Å². The van der Waals surface area contributed by atoms with Crippen LogP contribution in [0.25, 0.3) is 0 Å². The van der Waals surface area contributed by atoms with Crippen molar-refractivity contribution in [3.8, 4) is 0 Å². The third-order valence-electron chi connectivity index (χ3n) is 2.26. The lowest BCUT2D eigenvalue weighted by atomic mass is 10.1. The lowest BCUT2D eigenvalue weighted by molar-refractivity contribution is -0.138. The van der Waals surface area contributed by atoms with Crippen LogP contribution in [0.3, 0.4) is 0 Å². The van der Waals surface area contributed by atoms with Crippen LogP contribution in [-0.4, -0.2) is 22.1 Å². The summed E-state index contributed by atoms with van der Waals surface area (Å²) in [5, 5.41) is 11.9. The number of hydrogen-bond acceptors (Lipinski definition) is 3. The number of carboxylic acid groups (broad SMARTS) is 1. The molecule has 0 saturated heterocycles. The van der Waals surface area contributed by atoms with Crippen molar-refractivity contribution < 1.29 is 9.90 Å². The summed E-state index contributed by atoms with van der Waals surface area (Å²) in [6.07, 6.45) is 0. The highest BCUT2D eigenvalue weighted by Gasteiger charge is 2.21. The SMILES string of the molecule is Cc1nc(N[C@H](C(=O)O)C(C)C)ccc1Br. The second-order valence-electron chi connectivity index (χ2n) is 3.97. The molecule has 0 unspecified atom stereocenters. The molecule has 0 amide bonds. The van der Waals surface area contributed by atoms with Crippen molar-refractivity contribution in [3.63, 3.8) is 0 Å². The Morgan fingerprint density at radius 1 is 1.50 bits per heavy atom. The first-order valence-electron chi connectivity index (χ1n) is 5.04. The predicted octanol–water partition coefficient (Wildman–Crippen LogP) is 2.67. The topological polar surface area (TPSA) is 62.2 Å². The molecule has 0 aliphatic rings. The molecule has 1 heterocycles. The van der Waals surface area contributed by atoms with Gasteiger partial charge < -0.3 is 10.4 Å². The average Bonchev–Trinajstić information content (AvgIpc) is 2.18. The van der Waals surface area contributed by atoms with Gasteiger partial charge in [0.15, 0.2) is 0 Å². The Balaban J connectivity index is 2.86. The van der Waals surface area contributed by atoms with Crippen LogP contribution in [0.1, 0.15) is 19.5 Å². The first kappa shape index (κ1) is 13.0. The zero-order valence-electron chi connectivity index (χ0n) is 9.49. The van der Waals surface area contributed by atoms with Crippen molar-refractivity contribution >= 4 is 27.7 Å². The second kappa shape index (κ2) is 5.30. The first-order valence-corrected chi connectivity index (χ1v) is 5.83. The Bertz CT molecular complexity index is 394. The highest BCUT2D eigenvalue weighted by Crippen LogP contribution is 2.18. The van der Waals surface area contributed by atoms with Gasteiger partial charge in [-0.3, -0.25) is 0 Å². The lowest BCUT2D eigenvalue weighted by Crippen LogP contribution is -2.34. The van der Waals surface area contributed by atoms with Gasteiger partial charge in [-0.1, -0.05) is 13.8 Å².